The van der Waals surface area contributed by atoms with Crippen molar-refractivity contribution in [3.63, 3.8) is 0 Å². The first kappa shape index (κ1) is 28.9. The fourth-order valence-electron chi connectivity index (χ4n) is 4.13. The highest BCUT2D eigenvalue weighted by Crippen LogP contribution is 2.30. The van der Waals surface area contributed by atoms with E-state index in [9.17, 15) is 51.1 Å². The molecule has 15 atom stereocenters. The maximum atomic E-state index is 10.8. The average molecular weight is 518 g/mol. The van der Waals surface area contributed by atoms with Crippen LogP contribution in [-0.2, 0) is 28.4 Å². The Morgan fingerprint density at radius 2 is 1.03 bits per heavy atom. The second kappa shape index (κ2) is 12.3. The van der Waals surface area contributed by atoms with Gasteiger partial charge in [-0.3, -0.25) is 0 Å². The number of hydrogen-bond donors (Lipinski definition) is 10. The van der Waals surface area contributed by atoms with Crippen LogP contribution in [0.5, 0.6) is 0 Å². The van der Waals surface area contributed by atoms with Gasteiger partial charge in [0, 0.05) is 7.11 Å². The number of methoxy groups -OCH3 is 1. The lowest BCUT2D eigenvalue weighted by Gasteiger charge is -2.46. The molecule has 0 bridgehead atoms. The zero-order valence-corrected chi connectivity index (χ0v) is 18.7. The number of hydrogen-bond acceptors (Lipinski definition) is 16. The van der Waals surface area contributed by atoms with Crippen molar-refractivity contribution in [1.82, 2.24) is 0 Å². The summed E-state index contributed by atoms with van der Waals surface area (Å²) in [6, 6.07) is 0. The van der Waals surface area contributed by atoms with Crippen molar-refractivity contribution in [3.8, 4) is 0 Å². The van der Waals surface area contributed by atoms with Gasteiger partial charge in [0.1, 0.15) is 73.2 Å². The van der Waals surface area contributed by atoms with Crippen LogP contribution in [0.15, 0.2) is 0 Å². The Morgan fingerprint density at radius 1 is 0.543 bits per heavy atom. The smallest absolute Gasteiger partial charge is 0.187 e. The molecule has 206 valence electrons. The molecular formula is C19H34O16. The number of aliphatic hydroxyl groups is 10. The minimum absolute atomic E-state index is 0.523. The van der Waals surface area contributed by atoms with Crippen molar-refractivity contribution in [1.29, 1.82) is 0 Å². The first-order valence-electron chi connectivity index (χ1n) is 11.0. The second-order valence-corrected chi connectivity index (χ2v) is 8.59. The highest BCUT2D eigenvalue weighted by molar-refractivity contribution is 4.95. The molecular weight excluding hydrogens is 484 g/mol. The first-order chi connectivity index (χ1) is 16.5. The molecule has 3 saturated heterocycles. The minimum Gasteiger partial charge on any atom is -0.394 e. The van der Waals surface area contributed by atoms with Crippen LogP contribution in [0.25, 0.3) is 0 Å². The average Bonchev–Trinajstić information content (AvgIpc) is 2.85. The summed E-state index contributed by atoms with van der Waals surface area (Å²) >= 11 is 0. The summed E-state index contributed by atoms with van der Waals surface area (Å²) in [6.45, 7) is -1.93. The monoisotopic (exact) mass is 518 g/mol. The van der Waals surface area contributed by atoms with Gasteiger partial charge in [0.05, 0.1) is 19.8 Å². The predicted octanol–water partition coefficient (Wildman–Crippen LogP) is -6.92. The predicted molar refractivity (Wildman–Crippen MR) is 106 cm³/mol. The summed E-state index contributed by atoms with van der Waals surface area (Å²) in [5.74, 6) is 0. The molecule has 0 saturated carbocycles. The largest absolute Gasteiger partial charge is 0.394 e. The van der Waals surface area contributed by atoms with Crippen LogP contribution >= 0.6 is 0 Å². The third kappa shape index (κ3) is 5.93. The summed E-state index contributed by atoms with van der Waals surface area (Å²) in [5.41, 5.74) is 0. The van der Waals surface area contributed by atoms with Gasteiger partial charge in [-0.1, -0.05) is 0 Å². The van der Waals surface area contributed by atoms with E-state index in [1.54, 1.807) is 0 Å². The normalized spacial score (nSPS) is 51.3. The van der Waals surface area contributed by atoms with E-state index < -0.39 is 112 Å². The number of rotatable bonds is 8. The van der Waals surface area contributed by atoms with E-state index in [4.69, 9.17) is 28.4 Å². The molecule has 16 heteroatoms. The second-order valence-electron chi connectivity index (χ2n) is 8.59. The van der Waals surface area contributed by atoms with Gasteiger partial charge in [0.25, 0.3) is 0 Å². The Morgan fingerprint density at radius 3 is 1.54 bits per heavy atom. The topological polar surface area (TPSA) is 258 Å². The van der Waals surface area contributed by atoms with E-state index in [2.05, 4.69) is 0 Å². The maximum Gasteiger partial charge on any atom is 0.187 e. The molecule has 0 aromatic carbocycles. The fourth-order valence-corrected chi connectivity index (χ4v) is 4.13. The molecule has 3 rings (SSSR count). The Hall–Kier alpha value is -0.640. The first-order valence-corrected chi connectivity index (χ1v) is 11.0. The van der Waals surface area contributed by atoms with Crippen LogP contribution < -0.4 is 0 Å². The van der Waals surface area contributed by atoms with Gasteiger partial charge in [0.2, 0.25) is 0 Å². The zero-order valence-electron chi connectivity index (χ0n) is 18.7. The molecule has 3 aliphatic rings. The summed E-state index contributed by atoms with van der Waals surface area (Å²) in [4.78, 5) is 0. The molecule has 0 unspecified atom stereocenters. The van der Waals surface area contributed by atoms with Crippen molar-refractivity contribution >= 4 is 0 Å². The Bertz CT molecular complexity index is 652. The van der Waals surface area contributed by atoms with E-state index in [-0.39, 0.29) is 0 Å². The number of ether oxygens (including phenoxy) is 6. The molecule has 0 radical (unpaired) electrons. The van der Waals surface area contributed by atoms with Crippen LogP contribution in [0.1, 0.15) is 0 Å². The third-order valence-corrected chi connectivity index (χ3v) is 6.29. The van der Waals surface area contributed by atoms with Crippen molar-refractivity contribution in [2.24, 2.45) is 0 Å². The molecule has 3 fully saturated rings. The van der Waals surface area contributed by atoms with E-state index in [0.717, 1.165) is 0 Å². The quantitative estimate of drug-likeness (QED) is 0.143. The van der Waals surface area contributed by atoms with E-state index in [1.807, 2.05) is 0 Å². The minimum atomic E-state index is -1.81. The summed E-state index contributed by atoms with van der Waals surface area (Å²) in [7, 11) is 1.19. The molecule has 16 nitrogen and oxygen atoms in total. The molecule has 0 spiro atoms. The van der Waals surface area contributed by atoms with Crippen LogP contribution in [0.3, 0.4) is 0 Å². The van der Waals surface area contributed by atoms with Crippen LogP contribution in [0.2, 0.25) is 0 Å². The Kier molecular flexibility index (Phi) is 10.1. The molecule has 0 aromatic heterocycles. The maximum absolute atomic E-state index is 10.8. The van der Waals surface area contributed by atoms with E-state index in [1.165, 1.54) is 7.11 Å². The Labute approximate surface area is 199 Å². The van der Waals surface area contributed by atoms with E-state index >= 15 is 0 Å². The number of aliphatic hydroxyl groups excluding tert-OH is 10. The Balaban J connectivity index is 1.69. The molecule has 0 amide bonds. The molecule has 35 heavy (non-hydrogen) atoms. The van der Waals surface area contributed by atoms with Crippen molar-refractivity contribution < 1.29 is 79.5 Å². The molecule has 0 aliphatic carbocycles. The summed E-state index contributed by atoms with van der Waals surface area (Å²) in [5, 5.41) is 99.9. The van der Waals surface area contributed by atoms with Gasteiger partial charge in [-0.15, -0.1) is 0 Å². The lowest BCUT2D eigenvalue weighted by Crippen LogP contribution is -2.65. The van der Waals surface area contributed by atoms with Gasteiger partial charge in [-0.25, -0.2) is 0 Å². The molecule has 3 aliphatic heterocycles. The SMILES string of the molecule is CO[C@H]1O[C@H](CO[C@H]2O[C@H](CO)[C@@H](O)[C@H](O)[C@@H]2O)[C@@H](O)[C@H](O[C@H]2O[C@H](CO)[C@H](O)[C@H](O)[C@H]2O)[C@@H]1O. The van der Waals surface area contributed by atoms with Crippen molar-refractivity contribution in [2.45, 2.75) is 92.1 Å². The molecule has 0 aromatic rings. The highest BCUT2D eigenvalue weighted by atomic mass is 16.7. The van der Waals surface area contributed by atoms with Crippen molar-refractivity contribution in [3.05, 3.63) is 0 Å². The van der Waals surface area contributed by atoms with Gasteiger partial charge in [0.15, 0.2) is 18.9 Å². The summed E-state index contributed by atoms with van der Waals surface area (Å²) < 4.78 is 31.9. The van der Waals surface area contributed by atoms with Crippen LogP contribution in [0, 0.1) is 0 Å². The summed E-state index contributed by atoms with van der Waals surface area (Å²) in [6.07, 6.45) is -23.5. The fraction of sp³-hybridized carbons (Fsp3) is 1.00. The standard InChI is InChI=1S/C19H34O16/c1-30-17-15(29)16(35-19-14(28)12(26)9(23)6(3-21)33-19)10(24)7(34-17)4-31-18-13(27)11(25)8(22)5(2-20)32-18/h5-29H,2-4H2,1H3/t5-,6-,7-,8-,9+,10-,11+,12+,13+,14-,15+,16+,17+,18+,19-/m1/s1. The van der Waals surface area contributed by atoms with Gasteiger partial charge < -0.3 is 79.5 Å². The van der Waals surface area contributed by atoms with Crippen LogP contribution in [0.4, 0.5) is 0 Å². The lowest BCUT2D eigenvalue weighted by atomic mass is 9.97. The molecule has 10 N–H and O–H groups in total. The highest BCUT2D eigenvalue weighted by Gasteiger charge is 2.51. The van der Waals surface area contributed by atoms with Crippen molar-refractivity contribution in [2.75, 3.05) is 26.9 Å². The molecule has 3 heterocycles. The van der Waals surface area contributed by atoms with Gasteiger partial charge in [-0.2, -0.15) is 0 Å². The van der Waals surface area contributed by atoms with Crippen LogP contribution in [-0.4, -0.2) is 170 Å². The zero-order chi connectivity index (χ0) is 26.0. The van der Waals surface area contributed by atoms with Gasteiger partial charge >= 0.3 is 0 Å². The lowest BCUT2D eigenvalue weighted by molar-refractivity contribution is -0.364. The third-order valence-electron chi connectivity index (χ3n) is 6.29. The van der Waals surface area contributed by atoms with E-state index in [0.29, 0.717) is 0 Å². The van der Waals surface area contributed by atoms with Gasteiger partial charge in [-0.05, 0) is 0 Å².